The van der Waals surface area contributed by atoms with E-state index in [1.54, 1.807) is 18.2 Å². The van der Waals surface area contributed by atoms with Crippen LogP contribution >= 0.6 is 0 Å². The first-order chi connectivity index (χ1) is 14.0. The zero-order valence-corrected chi connectivity index (χ0v) is 16.0. The van der Waals surface area contributed by atoms with Crippen molar-refractivity contribution in [2.24, 2.45) is 5.92 Å². The summed E-state index contributed by atoms with van der Waals surface area (Å²) < 4.78 is 27.9. The summed E-state index contributed by atoms with van der Waals surface area (Å²) in [4.78, 5) is 28.7. The van der Waals surface area contributed by atoms with Crippen molar-refractivity contribution < 1.29 is 18.4 Å². The second-order valence-electron chi connectivity index (χ2n) is 7.56. The summed E-state index contributed by atoms with van der Waals surface area (Å²) in [5.74, 6) is -2.22. The minimum Gasteiger partial charge on any atom is -0.370 e. The largest absolute Gasteiger partial charge is 0.370 e. The molecule has 2 aromatic carbocycles. The number of halogens is 2. The summed E-state index contributed by atoms with van der Waals surface area (Å²) in [6.07, 6.45) is 3.27. The molecule has 5 nitrogen and oxygen atoms in total. The summed E-state index contributed by atoms with van der Waals surface area (Å²) in [7, 11) is 0. The van der Waals surface area contributed by atoms with Crippen LogP contribution in [-0.2, 0) is 9.59 Å². The third-order valence-corrected chi connectivity index (χ3v) is 5.55. The van der Waals surface area contributed by atoms with Crippen LogP contribution in [0.1, 0.15) is 25.7 Å². The zero-order valence-electron chi connectivity index (χ0n) is 16.0. The SMILES string of the molecule is O=C(Nc1cc(F)ccc1N1CCCCC1)C1CC(=O)N(c2ccccc2F)C1. The van der Waals surface area contributed by atoms with Gasteiger partial charge in [0.2, 0.25) is 11.8 Å². The first kappa shape index (κ1) is 19.4. The molecule has 0 bridgehead atoms. The Morgan fingerprint density at radius 3 is 2.52 bits per heavy atom. The molecule has 2 aliphatic heterocycles. The predicted octanol–water partition coefficient (Wildman–Crippen LogP) is 3.95. The first-order valence-corrected chi connectivity index (χ1v) is 9.93. The van der Waals surface area contributed by atoms with Gasteiger partial charge in [-0.25, -0.2) is 8.78 Å². The minimum atomic E-state index is -0.625. The number of piperidine rings is 1. The van der Waals surface area contributed by atoms with Crippen molar-refractivity contribution >= 4 is 28.9 Å². The number of amides is 2. The van der Waals surface area contributed by atoms with Gasteiger partial charge < -0.3 is 15.1 Å². The molecule has 0 spiro atoms. The van der Waals surface area contributed by atoms with E-state index < -0.39 is 17.6 Å². The van der Waals surface area contributed by atoms with Gasteiger partial charge in [-0.15, -0.1) is 0 Å². The molecule has 0 aliphatic carbocycles. The van der Waals surface area contributed by atoms with Gasteiger partial charge in [-0.2, -0.15) is 0 Å². The maximum atomic E-state index is 14.1. The van der Waals surface area contributed by atoms with Crippen molar-refractivity contribution in [2.45, 2.75) is 25.7 Å². The minimum absolute atomic E-state index is 0.00543. The fourth-order valence-electron chi connectivity index (χ4n) is 4.04. The molecule has 2 amide bonds. The van der Waals surface area contributed by atoms with E-state index in [-0.39, 0.29) is 30.5 Å². The molecule has 0 radical (unpaired) electrons. The number of hydrogen-bond acceptors (Lipinski definition) is 3. The standard InChI is InChI=1S/C22H23F2N3O2/c23-16-8-9-20(26-10-4-1-5-11-26)18(13-16)25-22(29)15-12-21(28)27(14-15)19-7-3-2-6-17(19)24/h2-3,6-9,13,15H,1,4-5,10-12,14H2,(H,25,29). The van der Waals surface area contributed by atoms with Crippen LogP contribution in [0.25, 0.3) is 0 Å². The van der Waals surface area contributed by atoms with Crippen LogP contribution in [0, 0.1) is 17.6 Å². The number of benzene rings is 2. The van der Waals surface area contributed by atoms with Gasteiger partial charge in [-0.3, -0.25) is 9.59 Å². The lowest BCUT2D eigenvalue weighted by atomic mass is 10.1. The van der Waals surface area contributed by atoms with E-state index in [0.29, 0.717) is 5.69 Å². The number of nitrogens with one attached hydrogen (secondary N) is 1. The third-order valence-electron chi connectivity index (χ3n) is 5.55. The van der Waals surface area contributed by atoms with Crippen molar-refractivity contribution in [2.75, 3.05) is 34.8 Å². The molecule has 7 heteroatoms. The smallest absolute Gasteiger partial charge is 0.229 e. The maximum Gasteiger partial charge on any atom is 0.229 e. The molecular formula is C22H23F2N3O2. The van der Waals surface area contributed by atoms with E-state index in [1.165, 1.54) is 29.2 Å². The highest BCUT2D eigenvalue weighted by atomic mass is 19.1. The van der Waals surface area contributed by atoms with Crippen molar-refractivity contribution in [1.82, 2.24) is 0 Å². The molecule has 0 aromatic heterocycles. The molecule has 2 aromatic rings. The first-order valence-electron chi connectivity index (χ1n) is 9.93. The molecule has 0 saturated carbocycles. The molecule has 1 N–H and O–H groups in total. The Morgan fingerprint density at radius 1 is 1.00 bits per heavy atom. The molecule has 4 rings (SSSR count). The van der Waals surface area contributed by atoms with Crippen LogP contribution in [0.5, 0.6) is 0 Å². The Hall–Kier alpha value is -2.96. The molecular weight excluding hydrogens is 376 g/mol. The van der Waals surface area contributed by atoms with Crippen LogP contribution < -0.4 is 15.1 Å². The number of nitrogens with zero attached hydrogens (tertiary/aromatic N) is 2. The van der Waals surface area contributed by atoms with Gasteiger partial charge in [0, 0.05) is 26.1 Å². The van der Waals surface area contributed by atoms with E-state index >= 15 is 0 Å². The van der Waals surface area contributed by atoms with Gasteiger partial charge in [0.15, 0.2) is 0 Å². The fraction of sp³-hybridized carbons (Fsp3) is 0.364. The summed E-state index contributed by atoms with van der Waals surface area (Å²) in [5, 5.41) is 2.80. The zero-order chi connectivity index (χ0) is 20.4. The van der Waals surface area contributed by atoms with Gasteiger partial charge in [0.05, 0.1) is 23.0 Å². The number of rotatable bonds is 4. The molecule has 152 valence electrons. The van der Waals surface area contributed by atoms with E-state index in [4.69, 9.17) is 0 Å². The maximum absolute atomic E-state index is 14.1. The third kappa shape index (κ3) is 4.09. The second-order valence-corrected chi connectivity index (χ2v) is 7.56. The quantitative estimate of drug-likeness (QED) is 0.847. The van der Waals surface area contributed by atoms with Crippen LogP contribution in [0.15, 0.2) is 42.5 Å². The van der Waals surface area contributed by atoms with Gasteiger partial charge in [-0.1, -0.05) is 12.1 Å². The number of anilines is 3. The Labute approximate surface area is 168 Å². The van der Waals surface area contributed by atoms with E-state index in [1.807, 2.05) is 0 Å². The van der Waals surface area contributed by atoms with Gasteiger partial charge >= 0.3 is 0 Å². The van der Waals surface area contributed by atoms with Crippen molar-refractivity contribution in [3.05, 3.63) is 54.1 Å². The number of hydrogen-bond donors (Lipinski definition) is 1. The number of carbonyl (C=O) groups is 2. The summed E-state index contributed by atoms with van der Waals surface area (Å²) >= 11 is 0. The van der Waals surface area contributed by atoms with Crippen LogP contribution in [0.2, 0.25) is 0 Å². The molecule has 29 heavy (non-hydrogen) atoms. The Balaban J connectivity index is 1.51. The fourth-order valence-corrected chi connectivity index (χ4v) is 4.04. The van der Waals surface area contributed by atoms with Gasteiger partial charge in [0.1, 0.15) is 11.6 Å². The average molecular weight is 399 g/mol. The van der Waals surface area contributed by atoms with Crippen molar-refractivity contribution in [1.29, 1.82) is 0 Å². The van der Waals surface area contributed by atoms with Gasteiger partial charge in [0.25, 0.3) is 0 Å². The van der Waals surface area contributed by atoms with E-state index in [0.717, 1.165) is 38.0 Å². The predicted molar refractivity (Wildman–Crippen MR) is 108 cm³/mol. The van der Waals surface area contributed by atoms with Gasteiger partial charge in [-0.05, 0) is 49.6 Å². The molecule has 2 heterocycles. The molecule has 2 saturated heterocycles. The summed E-state index contributed by atoms with van der Waals surface area (Å²) in [6.45, 7) is 1.81. The van der Waals surface area contributed by atoms with Crippen LogP contribution in [0.4, 0.5) is 25.8 Å². The van der Waals surface area contributed by atoms with E-state index in [9.17, 15) is 18.4 Å². The van der Waals surface area contributed by atoms with Crippen molar-refractivity contribution in [3.8, 4) is 0 Å². The normalized spacial score (nSPS) is 19.5. The Kier molecular flexibility index (Phi) is 5.47. The lowest BCUT2D eigenvalue weighted by Crippen LogP contribution is -2.32. The van der Waals surface area contributed by atoms with Crippen molar-refractivity contribution in [3.63, 3.8) is 0 Å². The highest BCUT2D eigenvalue weighted by molar-refractivity contribution is 6.04. The lowest BCUT2D eigenvalue weighted by Gasteiger charge is -2.30. The van der Waals surface area contributed by atoms with Crippen LogP contribution in [0.3, 0.4) is 0 Å². The highest BCUT2D eigenvalue weighted by Crippen LogP contribution is 2.32. The summed E-state index contributed by atoms with van der Waals surface area (Å²) in [6, 6.07) is 10.4. The monoisotopic (exact) mass is 399 g/mol. The lowest BCUT2D eigenvalue weighted by molar-refractivity contribution is -0.122. The highest BCUT2D eigenvalue weighted by Gasteiger charge is 2.36. The average Bonchev–Trinajstić information content (AvgIpc) is 3.11. The number of carbonyl (C=O) groups excluding carboxylic acids is 2. The Bertz CT molecular complexity index is 928. The Morgan fingerprint density at radius 2 is 1.76 bits per heavy atom. The molecule has 2 fully saturated rings. The second kappa shape index (κ2) is 8.19. The topological polar surface area (TPSA) is 52.7 Å². The van der Waals surface area contributed by atoms with E-state index in [2.05, 4.69) is 10.2 Å². The molecule has 2 aliphatic rings. The summed E-state index contributed by atoms with van der Waals surface area (Å²) in [5.41, 5.74) is 1.37. The van der Waals surface area contributed by atoms with Crippen LogP contribution in [-0.4, -0.2) is 31.4 Å². The number of para-hydroxylation sites is 1. The molecule has 1 unspecified atom stereocenters. The molecule has 1 atom stereocenters.